The topological polar surface area (TPSA) is 21.3 Å². The Morgan fingerprint density at radius 3 is 2.80 bits per heavy atom. The Bertz CT molecular complexity index is 182. The molecule has 2 fully saturated rings. The predicted molar refractivity (Wildman–Crippen MR) is 66.5 cm³/mol. The molecule has 0 saturated carbocycles. The molecule has 0 aromatic heterocycles. The van der Waals surface area contributed by atoms with Gasteiger partial charge in [0, 0.05) is 12.6 Å². The quantitative estimate of drug-likeness (QED) is 0.802. The highest BCUT2D eigenvalue weighted by Gasteiger charge is 2.20. The summed E-state index contributed by atoms with van der Waals surface area (Å²) in [5, 5.41) is 3.73. The summed E-state index contributed by atoms with van der Waals surface area (Å²) in [6.07, 6.45) is 5.68. The first-order chi connectivity index (χ1) is 7.34. The fourth-order valence-electron chi connectivity index (χ4n) is 2.47. The van der Waals surface area contributed by atoms with Crippen molar-refractivity contribution >= 4 is 11.8 Å². The molecule has 2 rings (SSSR count). The molecule has 15 heavy (non-hydrogen) atoms. The van der Waals surface area contributed by atoms with Crippen LogP contribution in [0.15, 0.2) is 0 Å². The largest absolute Gasteiger partial charge is 0.378 e. The van der Waals surface area contributed by atoms with Crippen LogP contribution in [0.4, 0.5) is 0 Å². The van der Waals surface area contributed by atoms with Crippen LogP contribution in [-0.2, 0) is 4.74 Å². The molecule has 0 aromatic carbocycles. The number of nitrogens with one attached hydrogen (secondary N) is 1. The minimum absolute atomic E-state index is 0.457. The van der Waals surface area contributed by atoms with Gasteiger partial charge < -0.3 is 10.1 Å². The van der Waals surface area contributed by atoms with Crippen LogP contribution in [-0.4, -0.2) is 36.8 Å². The van der Waals surface area contributed by atoms with Crippen LogP contribution in [0.3, 0.4) is 0 Å². The van der Waals surface area contributed by atoms with E-state index in [9.17, 15) is 0 Å². The molecule has 88 valence electrons. The van der Waals surface area contributed by atoms with Crippen molar-refractivity contribution in [3.05, 3.63) is 0 Å². The second-order valence-corrected chi connectivity index (χ2v) is 6.09. The molecule has 2 aliphatic heterocycles. The van der Waals surface area contributed by atoms with Crippen molar-refractivity contribution in [2.75, 3.05) is 24.7 Å². The molecular formula is C12H23NOS. The molecule has 0 bridgehead atoms. The second kappa shape index (κ2) is 6.12. The van der Waals surface area contributed by atoms with Gasteiger partial charge in [0.1, 0.15) is 0 Å². The molecule has 2 aliphatic rings. The van der Waals surface area contributed by atoms with Gasteiger partial charge in [0.25, 0.3) is 0 Å². The van der Waals surface area contributed by atoms with Crippen molar-refractivity contribution in [1.82, 2.24) is 5.32 Å². The lowest BCUT2D eigenvalue weighted by atomic mass is 10.00. The van der Waals surface area contributed by atoms with Crippen LogP contribution in [0.2, 0.25) is 0 Å². The van der Waals surface area contributed by atoms with Crippen LogP contribution in [0.5, 0.6) is 0 Å². The fourth-order valence-corrected chi connectivity index (χ4v) is 3.67. The second-order valence-electron chi connectivity index (χ2n) is 4.87. The van der Waals surface area contributed by atoms with Gasteiger partial charge in [-0.15, -0.1) is 0 Å². The molecule has 2 nitrogen and oxygen atoms in total. The molecule has 0 amide bonds. The van der Waals surface area contributed by atoms with E-state index in [0.717, 1.165) is 12.5 Å². The van der Waals surface area contributed by atoms with Gasteiger partial charge in [0.15, 0.2) is 0 Å². The molecule has 2 unspecified atom stereocenters. The Labute approximate surface area is 97.5 Å². The zero-order chi connectivity index (χ0) is 10.5. The fraction of sp³-hybridized carbons (Fsp3) is 1.00. The van der Waals surface area contributed by atoms with E-state index >= 15 is 0 Å². The van der Waals surface area contributed by atoms with Crippen LogP contribution in [0.25, 0.3) is 0 Å². The summed E-state index contributed by atoms with van der Waals surface area (Å²) in [5.74, 6) is 3.68. The molecule has 0 aromatic rings. The van der Waals surface area contributed by atoms with Gasteiger partial charge in [-0.1, -0.05) is 0 Å². The lowest BCUT2D eigenvalue weighted by Crippen LogP contribution is -2.40. The van der Waals surface area contributed by atoms with Crippen LogP contribution < -0.4 is 5.32 Å². The summed E-state index contributed by atoms with van der Waals surface area (Å²) in [6, 6.07) is 0.711. The van der Waals surface area contributed by atoms with Crippen LogP contribution in [0, 0.1) is 5.92 Å². The van der Waals surface area contributed by atoms with E-state index in [0.29, 0.717) is 12.1 Å². The normalized spacial score (nSPS) is 34.2. The van der Waals surface area contributed by atoms with Gasteiger partial charge in [-0.05, 0) is 56.6 Å². The van der Waals surface area contributed by atoms with Crippen molar-refractivity contribution in [1.29, 1.82) is 0 Å². The molecular weight excluding hydrogens is 206 g/mol. The van der Waals surface area contributed by atoms with E-state index in [1.807, 2.05) is 0 Å². The Hall–Kier alpha value is 0.270. The van der Waals surface area contributed by atoms with Gasteiger partial charge in [-0.2, -0.15) is 11.8 Å². The summed E-state index contributed by atoms with van der Waals surface area (Å²) < 4.78 is 5.56. The standard InChI is InChI=1S/C12H23NOS/c1-10-8-12(2-5-14-10)13-9-11-3-6-15-7-4-11/h10-13H,2-9H2,1H3. The summed E-state index contributed by atoms with van der Waals surface area (Å²) in [4.78, 5) is 0. The number of hydrogen-bond acceptors (Lipinski definition) is 3. The molecule has 3 heteroatoms. The molecule has 0 spiro atoms. The number of thioether (sulfide) groups is 1. The number of rotatable bonds is 3. The third kappa shape index (κ3) is 3.97. The van der Waals surface area contributed by atoms with Crippen molar-refractivity contribution < 1.29 is 4.74 Å². The highest BCUT2D eigenvalue weighted by atomic mass is 32.2. The van der Waals surface area contributed by atoms with Gasteiger partial charge >= 0.3 is 0 Å². The average molecular weight is 229 g/mol. The van der Waals surface area contributed by atoms with Gasteiger partial charge in [-0.25, -0.2) is 0 Å². The molecule has 1 N–H and O–H groups in total. The third-order valence-electron chi connectivity index (χ3n) is 3.52. The third-order valence-corrected chi connectivity index (χ3v) is 4.57. The first-order valence-electron chi connectivity index (χ1n) is 6.27. The SMILES string of the molecule is CC1CC(NCC2CCSCC2)CCO1. The maximum atomic E-state index is 5.56. The van der Waals surface area contributed by atoms with Gasteiger partial charge in [0.05, 0.1) is 6.10 Å². The Morgan fingerprint density at radius 2 is 2.07 bits per heavy atom. The lowest BCUT2D eigenvalue weighted by molar-refractivity contribution is 0.0127. The highest BCUT2D eigenvalue weighted by Crippen LogP contribution is 2.22. The summed E-state index contributed by atoms with van der Waals surface area (Å²) in [5.41, 5.74) is 0. The Morgan fingerprint density at radius 1 is 1.27 bits per heavy atom. The summed E-state index contributed by atoms with van der Waals surface area (Å²) in [7, 11) is 0. The molecule has 2 saturated heterocycles. The monoisotopic (exact) mass is 229 g/mol. The Balaban J connectivity index is 1.63. The van der Waals surface area contributed by atoms with E-state index in [2.05, 4.69) is 24.0 Å². The zero-order valence-corrected chi connectivity index (χ0v) is 10.5. The summed E-state index contributed by atoms with van der Waals surface area (Å²) in [6.45, 7) is 4.36. The van der Waals surface area contributed by atoms with E-state index in [4.69, 9.17) is 4.74 Å². The van der Waals surface area contributed by atoms with Crippen molar-refractivity contribution in [3.63, 3.8) is 0 Å². The van der Waals surface area contributed by atoms with Gasteiger partial charge in [-0.3, -0.25) is 0 Å². The first kappa shape index (κ1) is 11.7. The van der Waals surface area contributed by atoms with Gasteiger partial charge in [0.2, 0.25) is 0 Å². The first-order valence-corrected chi connectivity index (χ1v) is 7.43. The zero-order valence-electron chi connectivity index (χ0n) is 9.71. The molecule has 2 heterocycles. The van der Waals surface area contributed by atoms with E-state index in [-0.39, 0.29) is 0 Å². The van der Waals surface area contributed by atoms with Crippen molar-refractivity contribution in [2.24, 2.45) is 5.92 Å². The van der Waals surface area contributed by atoms with Crippen molar-refractivity contribution in [3.8, 4) is 0 Å². The van der Waals surface area contributed by atoms with E-state index in [1.54, 1.807) is 0 Å². The van der Waals surface area contributed by atoms with Crippen LogP contribution in [0.1, 0.15) is 32.6 Å². The smallest absolute Gasteiger partial charge is 0.0561 e. The van der Waals surface area contributed by atoms with Crippen molar-refractivity contribution in [2.45, 2.75) is 44.8 Å². The average Bonchev–Trinajstić information content (AvgIpc) is 2.28. The maximum absolute atomic E-state index is 5.56. The minimum Gasteiger partial charge on any atom is -0.378 e. The Kier molecular flexibility index (Phi) is 4.79. The molecule has 2 atom stereocenters. The minimum atomic E-state index is 0.457. The summed E-state index contributed by atoms with van der Waals surface area (Å²) >= 11 is 2.11. The number of hydrogen-bond donors (Lipinski definition) is 1. The highest BCUT2D eigenvalue weighted by molar-refractivity contribution is 7.99. The number of ether oxygens (including phenoxy) is 1. The maximum Gasteiger partial charge on any atom is 0.0561 e. The lowest BCUT2D eigenvalue weighted by Gasteiger charge is -2.30. The van der Waals surface area contributed by atoms with E-state index in [1.165, 1.54) is 43.7 Å². The predicted octanol–water partition coefficient (Wildman–Crippen LogP) is 2.29. The molecule has 0 aliphatic carbocycles. The van der Waals surface area contributed by atoms with E-state index < -0.39 is 0 Å². The van der Waals surface area contributed by atoms with Crippen LogP contribution >= 0.6 is 11.8 Å². The molecule has 0 radical (unpaired) electrons.